The van der Waals surface area contributed by atoms with Crippen molar-refractivity contribution in [2.24, 2.45) is 0 Å². The summed E-state index contributed by atoms with van der Waals surface area (Å²) in [6.07, 6.45) is 22.0. The number of carbonyl (C=O) groups is 1. The van der Waals surface area contributed by atoms with Crippen LogP contribution in [0.1, 0.15) is 110 Å². The summed E-state index contributed by atoms with van der Waals surface area (Å²) in [4.78, 5) is 13.0. The van der Waals surface area contributed by atoms with Crippen molar-refractivity contribution in [3.63, 3.8) is 0 Å². The van der Waals surface area contributed by atoms with Crippen LogP contribution in [0.2, 0.25) is 0 Å². The van der Waals surface area contributed by atoms with Crippen molar-refractivity contribution in [1.82, 2.24) is 10.2 Å². The number of rotatable bonds is 17. The van der Waals surface area contributed by atoms with Crippen molar-refractivity contribution in [1.29, 1.82) is 5.41 Å². The Morgan fingerprint density at radius 2 is 1.16 bits per heavy atom. The molecule has 146 valence electrons. The van der Waals surface area contributed by atoms with E-state index in [0.29, 0.717) is 6.54 Å². The van der Waals surface area contributed by atoms with E-state index in [4.69, 9.17) is 5.41 Å². The second kappa shape index (κ2) is 15.2. The standard InChI is InChI=1S/C21H41N3O/c1-2-3-4-5-6-7-8-9-10-11-12-13-14-15-16-17-18-24-19-20(25)23-21(24)22/h2-19H2,1H3,(H2,22,23,25). The van der Waals surface area contributed by atoms with Gasteiger partial charge in [-0.05, 0) is 6.42 Å². The van der Waals surface area contributed by atoms with Crippen LogP contribution in [0, 0.1) is 5.41 Å². The first kappa shape index (κ1) is 22.0. The highest BCUT2D eigenvalue weighted by Crippen LogP contribution is 2.14. The molecule has 0 aromatic heterocycles. The fraction of sp³-hybridized carbons (Fsp3) is 0.905. The molecule has 0 aliphatic carbocycles. The molecule has 1 saturated heterocycles. The normalized spacial score (nSPS) is 14.4. The molecule has 0 unspecified atom stereocenters. The predicted molar refractivity (Wildman–Crippen MR) is 107 cm³/mol. The third-order valence-corrected chi connectivity index (χ3v) is 5.19. The van der Waals surface area contributed by atoms with Crippen molar-refractivity contribution < 1.29 is 4.79 Å². The SMILES string of the molecule is CCCCCCCCCCCCCCCCCCN1CC(=O)NC1=N. The monoisotopic (exact) mass is 351 g/mol. The van der Waals surface area contributed by atoms with E-state index in [1.165, 1.54) is 96.3 Å². The lowest BCUT2D eigenvalue weighted by molar-refractivity contribution is -0.118. The number of carbonyl (C=O) groups excluding carboxylic acids is 1. The highest BCUT2D eigenvalue weighted by molar-refractivity contribution is 6.02. The van der Waals surface area contributed by atoms with Gasteiger partial charge in [0, 0.05) is 6.54 Å². The zero-order chi connectivity index (χ0) is 18.2. The molecule has 4 heteroatoms. The number of nitrogens with one attached hydrogen (secondary N) is 2. The minimum atomic E-state index is -0.0403. The van der Waals surface area contributed by atoms with Crippen LogP contribution < -0.4 is 5.32 Å². The zero-order valence-corrected chi connectivity index (χ0v) is 16.6. The van der Waals surface area contributed by atoms with Gasteiger partial charge >= 0.3 is 0 Å². The third-order valence-electron chi connectivity index (χ3n) is 5.19. The van der Waals surface area contributed by atoms with E-state index in [0.717, 1.165) is 13.0 Å². The van der Waals surface area contributed by atoms with Gasteiger partial charge in [0.15, 0.2) is 5.96 Å². The van der Waals surface area contributed by atoms with Crippen molar-refractivity contribution in [2.75, 3.05) is 13.1 Å². The first-order valence-corrected chi connectivity index (χ1v) is 10.9. The van der Waals surface area contributed by atoms with Gasteiger partial charge in [0.1, 0.15) is 6.54 Å². The van der Waals surface area contributed by atoms with Crippen LogP contribution in [-0.2, 0) is 4.79 Å². The Kier molecular flexibility index (Phi) is 13.4. The Hall–Kier alpha value is -1.06. The van der Waals surface area contributed by atoms with Crippen molar-refractivity contribution in [3.05, 3.63) is 0 Å². The van der Waals surface area contributed by atoms with Crippen LogP contribution in [-0.4, -0.2) is 29.9 Å². The predicted octanol–water partition coefficient (Wildman–Crippen LogP) is 5.61. The van der Waals surface area contributed by atoms with Crippen LogP contribution in [0.4, 0.5) is 0 Å². The molecule has 4 nitrogen and oxygen atoms in total. The van der Waals surface area contributed by atoms with E-state index in [9.17, 15) is 4.79 Å². The summed E-state index contributed by atoms with van der Waals surface area (Å²) in [5, 5.41) is 10.2. The van der Waals surface area contributed by atoms with E-state index < -0.39 is 0 Å². The van der Waals surface area contributed by atoms with Gasteiger partial charge in [-0.25, -0.2) is 0 Å². The molecule has 2 N–H and O–H groups in total. The summed E-state index contributed by atoms with van der Waals surface area (Å²) in [6.45, 7) is 3.50. The van der Waals surface area contributed by atoms with Crippen LogP contribution >= 0.6 is 0 Å². The Morgan fingerprint density at radius 3 is 1.52 bits per heavy atom. The molecule has 25 heavy (non-hydrogen) atoms. The van der Waals surface area contributed by atoms with E-state index >= 15 is 0 Å². The quantitative estimate of drug-likeness (QED) is 0.334. The molecule has 1 aliphatic heterocycles. The maximum atomic E-state index is 11.1. The van der Waals surface area contributed by atoms with Crippen LogP contribution in [0.15, 0.2) is 0 Å². The molecule has 0 bridgehead atoms. The Labute approximate surface area is 155 Å². The molecule has 1 fully saturated rings. The van der Waals surface area contributed by atoms with Crippen LogP contribution in [0.5, 0.6) is 0 Å². The molecule has 1 amide bonds. The van der Waals surface area contributed by atoms with Crippen LogP contribution in [0.3, 0.4) is 0 Å². The fourth-order valence-electron chi connectivity index (χ4n) is 3.54. The van der Waals surface area contributed by atoms with Crippen LogP contribution in [0.25, 0.3) is 0 Å². The molecule has 1 heterocycles. The van der Waals surface area contributed by atoms with Gasteiger partial charge in [-0.3, -0.25) is 15.5 Å². The van der Waals surface area contributed by atoms with E-state index in [-0.39, 0.29) is 11.9 Å². The van der Waals surface area contributed by atoms with Gasteiger partial charge < -0.3 is 4.90 Å². The number of guanidine groups is 1. The van der Waals surface area contributed by atoms with Crippen molar-refractivity contribution in [2.45, 2.75) is 110 Å². The fourth-order valence-corrected chi connectivity index (χ4v) is 3.54. The zero-order valence-electron chi connectivity index (χ0n) is 16.6. The Bertz CT molecular complexity index is 357. The average molecular weight is 352 g/mol. The summed E-state index contributed by atoms with van der Waals surface area (Å²) in [5.41, 5.74) is 0. The summed E-state index contributed by atoms with van der Waals surface area (Å²) in [5.74, 6) is 0.243. The first-order valence-electron chi connectivity index (χ1n) is 10.9. The number of nitrogens with zero attached hydrogens (tertiary/aromatic N) is 1. The van der Waals surface area contributed by atoms with Gasteiger partial charge in [0.05, 0.1) is 0 Å². The summed E-state index contributed by atoms with van der Waals surface area (Å²) in [6, 6.07) is 0. The number of unbranched alkanes of at least 4 members (excludes halogenated alkanes) is 15. The Balaban J connectivity index is 1.72. The minimum Gasteiger partial charge on any atom is -0.334 e. The smallest absolute Gasteiger partial charge is 0.246 e. The molecule has 0 atom stereocenters. The van der Waals surface area contributed by atoms with Crippen molar-refractivity contribution in [3.8, 4) is 0 Å². The topological polar surface area (TPSA) is 56.2 Å². The summed E-state index contributed by atoms with van der Waals surface area (Å²) >= 11 is 0. The molecule has 0 radical (unpaired) electrons. The molecule has 0 aromatic carbocycles. The largest absolute Gasteiger partial charge is 0.334 e. The van der Waals surface area contributed by atoms with Gasteiger partial charge in [-0.2, -0.15) is 0 Å². The molecule has 0 aromatic rings. The second-order valence-electron chi connectivity index (χ2n) is 7.62. The lowest BCUT2D eigenvalue weighted by Crippen LogP contribution is -2.29. The van der Waals surface area contributed by atoms with Gasteiger partial charge in [-0.15, -0.1) is 0 Å². The highest BCUT2D eigenvalue weighted by Gasteiger charge is 2.22. The highest BCUT2D eigenvalue weighted by atomic mass is 16.2. The lowest BCUT2D eigenvalue weighted by Gasteiger charge is -2.14. The average Bonchev–Trinajstić information content (AvgIpc) is 2.92. The third kappa shape index (κ3) is 12.0. The van der Waals surface area contributed by atoms with E-state index in [1.54, 1.807) is 0 Å². The Morgan fingerprint density at radius 1 is 0.760 bits per heavy atom. The number of amides is 1. The molecule has 0 saturated carbocycles. The molecule has 1 rings (SSSR count). The summed E-state index contributed by atoms with van der Waals surface area (Å²) < 4.78 is 0. The van der Waals surface area contributed by atoms with E-state index in [2.05, 4.69) is 12.2 Å². The molecule has 1 aliphatic rings. The molecular weight excluding hydrogens is 310 g/mol. The number of hydrogen-bond donors (Lipinski definition) is 2. The number of hydrogen-bond acceptors (Lipinski definition) is 2. The maximum Gasteiger partial charge on any atom is 0.246 e. The maximum absolute atomic E-state index is 11.1. The van der Waals surface area contributed by atoms with Crippen molar-refractivity contribution >= 4 is 11.9 Å². The minimum absolute atomic E-state index is 0.0403. The molecule has 0 spiro atoms. The van der Waals surface area contributed by atoms with E-state index in [1.807, 2.05) is 4.90 Å². The van der Waals surface area contributed by atoms with Gasteiger partial charge in [0.25, 0.3) is 0 Å². The first-order chi connectivity index (χ1) is 12.2. The van der Waals surface area contributed by atoms with Gasteiger partial charge in [-0.1, -0.05) is 103 Å². The second-order valence-corrected chi connectivity index (χ2v) is 7.62. The molecular formula is C21H41N3O. The van der Waals surface area contributed by atoms with Gasteiger partial charge in [0.2, 0.25) is 5.91 Å². The summed E-state index contributed by atoms with van der Waals surface area (Å²) in [7, 11) is 0. The lowest BCUT2D eigenvalue weighted by atomic mass is 10.0.